The van der Waals surface area contributed by atoms with Crippen LogP contribution in [0.2, 0.25) is 0 Å². The molecule has 0 fully saturated rings. The summed E-state index contributed by atoms with van der Waals surface area (Å²) in [5.74, 6) is 0. The van der Waals surface area contributed by atoms with Gasteiger partial charge in [0, 0.05) is 0 Å². The first-order valence-corrected chi connectivity index (χ1v) is 7.93. The van der Waals surface area contributed by atoms with Gasteiger partial charge < -0.3 is 24.8 Å². The molecular formula is C18H24Cl2NTi. The summed E-state index contributed by atoms with van der Waals surface area (Å²) in [7, 11) is 0. The summed E-state index contributed by atoms with van der Waals surface area (Å²) in [6.45, 7) is 12.2. The quantitative estimate of drug-likeness (QED) is 0.607. The molecule has 1 aromatic rings. The number of hydrogen-bond acceptors (Lipinski definition) is 1. The minimum Gasteiger partial charge on any atom is -1.00 e. The predicted molar refractivity (Wildman–Crippen MR) is 82.7 cm³/mol. The molecule has 22 heavy (non-hydrogen) atoms. The summed E-state index contributed by atoms with van der Waals surface area (Å²) >= 11 is 2.20. The van der Waals surface area contributed by atoms with Gasteiger partial charge in [-0.3, -0.25) is 0 Å². The Hall–Kier alpha value is -0.0457. The Bertz CT molecular complexity index is 571. The van der Waals surface area contributed by atoms with Crippen LogP contribution in [0.1, 0.15) is 52.2 Å². The average Bonchev–Trinajstić information content (AvgIpc) is 2.68. The van der Waals surface area contributed by atoms with Gasteiger partial charge in [0.05, 0.1) is 0 Å². The Morgan fingerprint density at radius 3 is 2.18 bits per heavy atom. The van der Waals surface area contributed by atoms with E-state index in [1.54, 1.807) is 0 Å². The van der Waals surface area contributed by atoms with E-state index >= 15 is 0 Å². The van der Waals surface area contributed by atoms with Crippen molar-refractivity contribution in [3.63, 3.8) is 0 Å². The van der Waals surface area contributed by atoms with Gasteiger partial charge in [0.1, 0.15) is 0 Å². The van der Waals surface area contributed by atoms with Gasteiger partial charge in [-0.25, -0.2) is 0 Å². The molecule has 0 heterocycles. The summed E-state index contributed by atoms with van der Waals surface area (Å²) in [6.07, 6.45) is 3.42. The SMILES string of the molecule is CC1=CC(C)=C(c2ccccc2C[N]([Ti+2])C(C)(C)C)C1.[Cl-].[Cl-]. The summed E-state index contributed by atoms with van der Waals surface area (Å²) in [6, 6.07) is 8.85. The van der Waals surface area contributed by atoms with Crippen LogP contribution >= 0.6 is 0 Å². The second-order valence-corrected chi connectivity index (χ2v) is 7.59. The molecular weight excluding hydrogens is 349 g/mol. The second-order valence-electron chi connectivity index (χ2n) is 6.74. The van der Waals surface area contributed by atoms with E-state index in [1.807, 2.05) is 0 Å². The summed E-state index contributed by atoms with van der Waals surface area (Å²) < 4.78 is 2.41. The van der Waals surface area contributed by atoms with Crippen molar-refractivity contribution in [2.24, 2.45) is 0 Å². The number of nitrogens with zero attached hydrogens (tertiary/aromatic N) is 1. The Kier molecular flexibility index (Phi) is 8.69. The molecule has 0 saturated heterocycles. The van der Waals surface area contributed by atoms with E-state index < -0.39 is 0 Å². The van der Waals surface area contributed by atoms with Crippen LogP contribution in [-0.2, 0) is 27.2 Å². The van der Waals surface area contributed by atoms with Crippen LogP contribution in [0, 0.1) is 0 Å². The van der Waals surface area contributed by atoms with Gasteiger partial charge in [0.15, 0.2) is 0 Å². The van der Waals surface area contributed by atoms with Crippen molar-refractivity contribution in [2.45, 2.75) is 53.1 Å². The number of benzene rings is 1. The number of hydrogen-bond donors (Lipinski definition) is 0. The molecule has 0 radical (unpaired) electrons. The minimum atomic E-state index is 0. The van der Waals surface area contributed by atoms with E-state index in [4.69, 9.17) is 0 Å². The van der Waals surface area contributed by atoms with Gasteiger partial charge in [-0.05, 0) is 0 Å². The van der Waals surface area contributed by atoms with Crippen LogP contribution in [0.4, 0.5) is 0 Å². The fourth-order valence-corrected chi connectivity index (χ4v) is 2.86. The maximum atomic E-state index is 2.41. The van der Waals surface area contributed by atoms with Crippen LogP contribution in [0.5, 0.6) is 0 Å². The van der Waals surface area contributed by atoms with Crippen LogP contribution in [0.15, 0.2) is 41.5 Å². The zero-order valence-corrected chi connectivity index (χ0v) is 17.1. The first kappa shape index (κ1) is 22.0. The maximum absolute atomic E-state index is 2.41. The predicted octanol–water partition coefficient (Wildman–Crippen LogP) is -1.12. The third-order valence-corrected chi connectivity index (χ3v) is 5.17. The van der Waals surface area contributed by atoms with E-state index in [9.17, 15) is 0 Å². The molecule has 0 bridgehead atoms. The standard InChI is InChI=1S/C18H24N.2ClH.Ti/c1-13-10-14(2)17(11-13)16-9-7-6-8-15(16)12-19-18(3,4)5;;;/h6-10H,11-12H2,1-5H3;2*1H;/q-1;;;+3/p-2. The second kappa shape index (κ2) is 8.71. The van der Waals surface area contributed by atoms with E-state index in [0.717, 1.165) is 13.0 Å². The average molecular weight is 373 g/mol. The van der Waals surface area contributed by atoms with Crippen LogP contribution < -0.4 is 24.8 Å². The van der Waals surface area contributed by atoms with Gasteiger partial charge >= 0.3 is 135 Å². The molecule has 1 nitrogen and oxygen atoms in total. The van der Waals surface area contributed by atoms with Crippen molar-refractivity contribution in [1.82, 2.24) is 3.38 Å². The zero-order chi connectivity index (χ0) is 14.9. The van der Waals surface area contributed by atoms with Crippen molar-refractivity contribution in [3.05, 3.63) is 52.6 Å². The summed E-state index contributed by atoms with van der Waals surface area (Å²) in [5, 5.41) is 0. The van der Waals surface area contributed by atoms with Gasteiger partial charge in [-0.15, -0.1) is 0 Å². The Labute approximate surface area is 159 Å². The molecule has 1 aliphatic rings. The van der Waals surface area contributed by atoms with Crippen LogP contribution in [0.25, 0.3) is 5.57 Å². The third-order valence-electron chi connectivity index (χ3n) is 3.88. The normalized spacial score (nSPS) is 14.6. The first-order valence-electron chi connectivity index (χ1n) is 7.23. The molecule has 0 atom stereocenters. The van der Waals surface area contributed by atoms with Crippen LogP contribution in [-0.4, -0.2) is 8.92 Å². The smallest absolute Gasteiger partial charge is 1.00 e. The summed E-state index contributed by atoms with van der Waals surface area (Å²) in [4.78, 5) is 0. The Morgan fingerprint density at radius 1 is 1.09 bits per heavy atom. The molecule has 1 aliphatic carbocycles. The van der Waals surface area contributed by atoms with Crippen molar-refractivity contribution in [1.29, 1.82) is 0 Å². The molecule has 0 aromatic heterocycles. The van der Waals surface area contributed by atoms with Gasteiger partial charge in [0.25, 0.3) is 0 Å². The van der Waals surface area contributed by atoms with Gasteiger partial charge in [0.2, 0.25) is 0 Å². The number of rotatable bonds is 3. The molecule has 1 aromatic carbocycles. The molecule has 0 unspecified atom stereocenters. The van der Waals surface area contributed by atoms with E-state index in [-0.39, 0.29) is 30.4 Å². The molecule has 0 saturated carbocycles. The van der Waals surface area contributed by atoms with Crippen molar-refractivity contribution in [2.75, 3.05) is 0 Å². The molecule has 0 aliphatic heterocycles. The van der Waals surface area contributed by atoms with Crippen molar-refractivity contribution in [3.8, 4) is 0 Å². The van der Waals surface area contributed by atoms with E-state index in [1.165, 1.54) is 27.8 Å². The monoisotopic (exact) mass is 372 g/mol. The number of allylic oxidation sites excluding steroid dienone is 4. The van der Waals surface area contributed by atoms with Gasteiger partial charge in [-0.2, -0.15) is 0 Å². The molecule has 0 spiro atoms. The molecule has 0 N–H and O–H groups in total. The zero-order valence-electron chi connectivity index (χ0n) is 14.0. The van der Waals surface area contributed by atoms with Crippen molar-refractivity contribution < 1.29 is 45.5 Å². The first-order chi connectivity index (χ1) is 9.29. The minimum absolute atomic E-state index is 0. The molecule has 4 heteroatoms. The summed E-state index contributed by atoms with van der Waals surface area (Å²) in [5.41, 5.74) is 7.45. The Balaban J connectivity index is 0.00000220. The Morgan fingerprint density at radius 2 is 1.68 bits per heavy atom. The van der Waals surface area contributed by atoms with E-state index in [2.05, 4.69) is 89.0 Å². The number of halogens is 2. The van der Waals surface area contributed by atoms with Crippen molar-refractivity contribution >= 4 is 5.57 Å². The largest absolute Gasteiger partial charge is 1.00 e. The third kappa shape index (κ3) is 5.25. The maximum Gasteiger partial charge on any atom is -1.00 e. The van der Waals surface area contributed by atoms with E-state index in [0.29, 0.717) is 0 Å². The molecule has 2 rings (SSSR count). The topological polar surface area (TPSA) is 3.24 Å². The fraction of sp³-hybridized carbons (Fsp3) is 0.444. The fourth-order valence-electron chi connectivity index (χ4n) is 2.59. The molecule has 119 valence electrons. The van der Waals surface area contributed by atoms with Gasteiger partial charge in [-0.1, -0.05) is 0 Å². The molecule has 0 amide bonds. The van der Waals surface area contributed by atoms with Crippen LogP contribution in [0.3, 0.4) is 0 Å².